The second kappa shape index (κ2) is 18.5. The van der Waals surface area contributed by atoms with Crippen LogP contribution >= 0.6 is 11.3 Å². The molecule has 0 aliphatic rings. The Labute approximate surface area is 312 Å². The highest BCUT2D eigenvalue weighted by Crippen LogP contribution is 2.44. The van der Waals surface area contributed by atoms with Crippen LogP contribution in [-0.4, -0.2) is 61.9 Å². The standard InChI is InChI=1S/C40H73NO6SSi2/c1-18-32(37(45)40(12,13)34(25-35(43)44)46-49(14,15)38(6,7)8)36(47-50(16,17)39(9,10)11)28(3)21-19-20-27(2)22-23-33(42)29(4)24-31-26-48-30(5)41-31/h22,24,26,28,32-34,36,42H,18-21,23,25H2,1-17H3,(H,43,44)/t28-,32+,33-,34-,36-/m0/s1. The number of rotatable bonds is 20. The average molecular weight is 752 g/mol. The van der Waals surface area contributed by atoms with Crippen LogP contribution in [0.4, 0.5) is 0 Å². The van der Waals surface area contributed by atoms with Gasteiger partial charge in [-0.3, -0.25) is 9.59 Å². The molecule has 0 spiro atoms. The molecule has 1 aromatic heterocycles. The molecule has 5 atom stereocenters. The number of carbonyl (C=O) groups is 2. The molecular weight excluding hydrogens is 679 g/mol. The molecule has 0 unspecified atom stereocenters. The lowest BCUT2D eigenvalue weighted by Gasteiger charge is -2.47. The molecule has 0 aliphatic carbocycles. The van der Waals surface area contributed by atoms with Gasteiger partial charge in [0, 0.05) is 16.7 Å². The number of carbonyl (C=O) groups excluding carboxylic acids is 1. The molecule has 0 saturated heterocycles. The summed E-state index contributed by atoms with van der Waals surface area (Å²) in [5, 5.41) is 23.6. The van der Waals surface area contributed by atoms with Crippen LogP contribution in [0.2, 0.25) is 36.3 Å². The van der Waals surface area contributed by atoms with E-state index in [0.717, 1.165) is 35.5 Å². The summed E-state index contributed by atoms with van der Waals surface area (Å²) < 4.78 is 13.9. The Morgan fingerprint density at radius 1 is 0.980 bits per heavy atom. The molecule has 0 radical (unpaired) electrons. The lowest BCUT2D eigenvalue weighted by atomic mass is 9.71. The number of aromatic nitrogens is 1. The van der Waals surface area contributed by atoms with Crippen molar-refractivity contribution in [3.05, 3.63) is 33.3 Å². The number of allylic oxidation sites excluding steroid dienone is 1. The van der Waals surface area contributed by atoms with Gasteiger partial charge in [0.25, 0.3) is 0 Å². The molecule has 1 aromatic rings. The van der Waals surface area contributed by atoms with E-state index in [1.54, 1.807) is 11.3 Å². The van der Waals surface area contributed by atoms with Gasteiger partial charge in [0.2, 0.25) is 0 Å². The number of hydrogen-bond acceptors (Lipinski definition) is 7. The van der Waals surface area contributed by atoms with E-state index in [2.05, 4.69) is 99.6 Å². The third-order valence-electron chi connectivity index (χ3n) is 11.5. The summed E-state index contributed by atoms with van der Waals surface area (Å²) in [6.45, 7) is 35.8. The SMILES string of the molecule is CC[C@@H](C(=O)C(C)(C)[C@H](CC(=O)O)O[Si](C)(C)C(C)(C)C)[C@@H](O[Si](C)(C)C(C)(C)C)[C@@H](C)CCCC(C)=CC[C@H](O)C(C)=Cc1csc(C)n1. The summed E-state index contributed by atoms with van der Waals surface area (Å²) in [5.74, 6) is -1.21. The molecule has 50 heavy (non-hydrogen) atoms. The van der Waals surface area contributed by atoms with Crippen LogP contribution in [0.15, 0.2) is 22.6 Å². The summed E-state index contributed by atoms with van der Waals surface area (Å²) in [7, 11) is -4.65. The molecule has 2 N–H and O–H groups in total. The van der Waals surface area contributed by atoms with Crippen molar-refractivity contribution in [2.45, 2.75) is 183 Å². The van der Waals surface area contributed by atoms with Crippen molar-refractivity contribution in [1.82, 2.24) is 4.98 Å². The number of Topliss-reactive ketones (excluding diaryl/α,β-unsaturated/α-hetero) is 1. The third-order valence-corrected chi connectivity index (χ3v) is 21.2. The second-order valence-corrected chi connectivity index (χ2v) is 28.8. The van der Waals surface area contributed by atoms with E-state index in [9.17, 15) is 19.8 Å². The van der Waals surface area contributed by atoms with Gasteiger partial charge in [-0.05, 0) is 107 Å². The van der Waals surface area contributed by atoms with E-state index in [-0.39, 0.29) is 34.3 Å². The van der Waals surface area contributed by atoms with Crippen molar-refractivity contribution in [2.75, 3.05) is 0 Å². The zero-order chi connectivity index (χ0) is 39.0. The van der Waals surface area contributed by atoms with Gasteiger partial charge >= 0.3 is 5.97 Å². The van der Waals surface area contributed by atoms with Gasteiger partial charge in [0.05, 0.1) is 35.4 Å². The van der Waals surface area contributed by atoms with Gasteiger partial charge in [0.15, 0.2) is 16.6 Å². The number of carboxylic acid groups (broad SMARTS) is 1. The second-order valence-electron chi connectivity index (χ2n) is 18.3. The molecule has 0 aromatic carbocycles. The van der Waals surface area contributed by atoms with Crippen molar-refractivity contribution in [3.63, 3.8) is 0 Å². The highest BCUT2D eigenvalue weighted by Gasteiger charge is 2.50. The normalized spacial score (nSPS) is 17.3. The van der Waals surface area contributed by atoms with Crippen LogP contribution in [0, 0.1) is 24.2 Å². The van der Waals surface area contributed by atoms with Gasteiger partial charge in [0.1, 0.15) is 5.78 Å². The Balaban J connectivity index is 3.28. The zero-order valence-corrected chi connectivity index (χ0v) is 37.6. The van der Waals surface area contributed by atoms with E-state index >= 15 is 0 Å². The van der Waals surface area contributed by atoms with Gasteiger partial charge in [-0.2, -0.15) is 0 Å². The Bertz CT molecular complexity index is 1320. The van der Waals surface area contributed by atoms with Crippen molar-refractivity contribution in [3.8, 4) is 0 Å². The minimum absolute atomic E-state index is 0.0295. The smallest absolute Gasteiger partial charge is 0.305 e. The predicted molar refractivity (Wildman–Crippen MR) is 217 cm³/mol. The van der Waals surface area contributed by atoms with Crippen molar-refractivity contribution in [1.29, 1.82) is 0 Å². The molecule has 1 rings (SSSR count). The number of aliphatic hydroxyl groups is 1. The topological polar surface area (TPSA) is 106 Å². The van der Waals surface area contributed by atoms with E-state index in [1.807, 2.05) is 39.2 Å². The van der Waals surface area contributed by atoms with Gasteiger partial charge in [-0.15, -0.1) is 11.3 Å². The highest BCUT2D eigenvalue weighted by molar-refractivity contribution is 7.09. The molecule has 7 nitrogen and oxygen atoms in total. The maximum absolute atomic E-state index is 14.8. The molecule has 10 heteroatoms. The lowest BCUT2D eigenvalue weighted by Crippen LogP contribution is -2.54. The van der Waals surface area contributed by atoms with E-state index in [1.165, 1.54) is 5.57 Å². The van der Waals surface area contributed by atoms with E-state index in [0.29, 0.717) is 12.8 Å². The molecule has 0 saturated carbocycles. The molecule has 0 amide bonds. The monoisotopic (exact) mass is 751 g/mol. The largest absolute Gasteiger partial charge is 0.481 e. The summed E-state index contributed by atoms with van der Waals surface area (Å²) in [4.78, 5) is 31.4. The van der Waals surface area contributed by atoms with Crippen LogP contribution in [0.25, 0.3) is 6.08 Å². The van der Waals surface area contributed by atoms with E-state index < -0.39 is 46.1 Å². The Morgan fingerprint density at radius 2 is 1.52 bits per heavy atom. The molecule has 1 heterocycles. The summed E-state index contributed by atoms with van der Waals surface area (Å²) in [6, 6.07) is 0. The fourth-order valence-corrected chi connectivity index (χ4v) is 9.14. The number of thiazole rings is 1. The first kappa shape index (κ1) is 46.6. The molecule has 0 bridgehead atoms. The Hall–Kier alpha value is -1.44. The zero-order valence-electron chi connectivity index (χ0n) is 34.7. The van der Waals surface area contributed by atoms with Crippen molar-refractivity contribution in [2.24, 2.45) is 17.3 Å². The fraction of sp³-hybridized carbons (Fsp3) is 0.775. The quantitative estimate of drug-likeness (QED) is 0.101. The van der Waals surface area contributed by atoms with Crippen molar-refractivity contribution < 1.29 is 28.7 Å². The van der Waals surface area contributed by atoms with Crippen molar-refractivity contribution >= 4 is 45.8 Å². The maximum Gasteiger partial charge on any atom is 0.305 e. The average Bonchev–Trinajstić information content (AvgIpc) is 3.37. The van der Waals surface area contributed by atoms with Crippen LogP contribution in [-0.2, 0) is 18.4 Å². The first-order valence-electron chi connectivity index (χ1n) is 18.6. The van der Waals surface area contributed by atoms with Gasteiger partial charge < -0.3 is 19.1 Å². The number of aliphatic carboxylic acids is 1. The van der Waals surface area contributed by atoms with E-state index in [4.69, 9.17) is 8.85 Å². The van der Waals surface area contributed by atoms with Crippen LogP contribution in [0.5, 0.6) is 0 Å². The summed E-state index contributed by atoms with van der Waals surface area (Å²) in [6.07, 6.45) is 6.17. The highest BCUT2D eigenvalue weighted by atomic mass is 32.1. The molecule has 0 fully saturated rings. The lowest BCUT2D eigenvalue weighted by molar-refractivity contribution is -0.147. The molecule has 0 aliphatic heterocycles. The molecular formula is C40H73NO6SSi2. The first-order valence-corrected chi connectivity index (χ1v) is 25.3. The predicted octanol–water partition coefficient (Wildman–Crippen LogP) is 11.2. The number of carboxylic acids is 1. The number of ketones is 1. The van der Waals surface area contributed by atoms with Crippen LogP contribution in [0.1, 0.15) is 132 Å². The number of aliphatic hydroxyl groups excluding tert-OH is 1. The fourth-order valence-electron chi connectivity index (χ4n) is 5.69. The summed E-state index contributed by atoms with van der Waals surface area (Å²) in [5.41, 5.74) is 2.01. The minimum Gasteiger partial charge on any atom is -0.481 e. The third kappa shape index (κ3) is 13.5. The number of hydrogen-bond donors (Lipinski definition) is 2. The molecule has 288 valence electrons. The Morgan fingerprint density at radius 3 is 1.98 bits per heavy atom. The minimum atomic E-state index is -2.38. The van der Waals surface area contributed by atoms with Crippen LogP contribution in [0.3, 0.4) is 0 Å². The van der Waals surface area contributed by atoms with Gasteiger partial charge in [-0.1, -0.05) is 80.9 Å². The summed E-state index contributed by atoms with van der Waals surface area (Å²) >= 11 is 1.60. The van der Waals surface area contributed by atoms with Gasteiger partial charge in [-0.25, -0.2) is 4.98 Å². The number of aryl methyl sites for hydroxylation is 1. The van der Waals surface area contributed by atoms with Crippen LogP contribution < -0.4 is 0 Å². The Kier molecular flexibility index (Phi) is 17.3. The number of nitrogens with zero attached hydrogens (tertiary/aromatic N) is 1. The first-order chi connectivity index (χ1) is 22.6. The maximum atomic E-state index is 14.8.